The van der Waals surface area contributed by atoms with E-state index < -0.39 is 0 Å². The van der Waals surface area contributed by atoms with Crippen molar-refractivity contribution < 1.29 is 4.79 Å². The third-order valence-corrected chi connectivity index (χ3v) is 5.27. The lowest BCUT2D eigenvalue weighted by molar-refractivity contribution is 0.0713. The molecule has 0 aliphatic carbocycles. The minimum atomic E-state index is 0.121. The van der Waals surface area contributed by atoms with Crippen molar-refractivity contribution in [3.63, 3.8) is 0 Å². The molecule has 0 radical (unpaired) electrons. The number of hydrogen-bond acceptors (Lipinski definition) is 2. The van der Waals surface area contributed by atoms with Crippen LogP contribution in [0.4, 0.5) is 0 Å². The number of amides is 1. The predicted octanol–water partition coefficient (Wildman–Crippen LogP) is 4.35. The summed E-state index contributed by atoms with van der Waals surface area (Å²) in [5.41, 5.74) is 3.02. The Kier molecular flexibility index (Phi) is 4.10. The molecule has 3 heterocycles. The van der Waals surface area contributed by atoms with E-state index in [0.717, 1.165) is 41.6 Å². The number of carbonyl (C=O) groups is 1. The van der Waals surface area contributed by atoms with E-state index in [1.165, 1.54) is 10.9 Å². The molecule has 1 aromatic carbocycles. The normalized spacial score (nSPS) is 15.8. The summed E-state index contributed by atoms with van der Waals surface area (Å²) in [6.45, 7) is 1.59. The van der Waals surface area contributed by atoms with Crippen LogP contribution in [0, 0.1) is 0 Å². The lowest BCUT2D eigenvalue weighted by Gasteiger charge is -2.32. The molecule has 1 fully saturated rings. The number of nitrogens with zero attached hydrogens (tertiary/aromatic N) is 2. The second kappa shape index (κ2) is 6.40. The minimum absolute atomic E-state index is 0.121. The molecule has 3 aromatic rings. The van der Waals surface area contributed by atoms with Crippen molar-refractivity contribution in [1.82, 2.24) is 14.9 Å². The Balaban J connectivity index is 1.48. The predicted molar refractivity (Wildman–Crippen MR) is 98.1 cm³/mol. The van der Waals surface area contributed by atoms with Gasteiger partial charge >= 0.3 is 0 Å². The van der Waals surface area contributed by atoms with Crippen molar-refractivity contribution in [3.8, 4) is 0 Å². The molecule has 4 nitrogen and oxygen atoms in total. The summed E-state index contributed by atoms with van der Waals surface area (Å²) < 4.78 is 0.939. The van der Waals surface area contributed by atoms with Crippen LogP contribution in [0.15, 0.2) is 53.3 Å². The average molecular weight is 384 g/mol. The Hall–Kier alpha value is -2.14. The highest BCUT2D eigenvalue weighted by atomic mass is 79.9. The SMILES string of the molecule is O=C(c1cccc(Br)c1)N1CCC(c2c[nH]c3ncccc23)CC1. The van der Waals surface area contributed by atoms with E-state index in [-0.39, 0.29) is 5.91 Å². The molecule has 0 saturated carbocycles. The van der Waals surface area contributed by atoms with Crippen molar-refractivity contribution in [1.29, 1.82) is 0 Å². The Bertz CT molecular complexity index is 881. The Morgan fingerprint density at radius 1 is 1.21 bits per heavy atom. The number of pyridine rings is 1. The van der Waals surface area contributed by atoms with Crippen LogP contribution in [0.3, 0.4) is 0 Å². The van der Waals surface area contributed by atoms with Crippen molar-refractivity contribution in [2.75, 3.05) is 13.1 Å². The largest absolute Gasteiger partial charge is 0.346 e. The van der Waals surface area contributed by atoms with Crippen LogP contribution in [0.25, 0.3) is 11.0 Å². The molecular weight excluding hydrogens is 366 g/mol. The maximum absolute atomic E-state index is 12.6. The number of carbonyl (C=O) groups excluding carboxylic acids is 1. The number of aromatic amines is 1. The van der Waals surface area contributed by atoms with Crippen molar-refractivity contribution in [2.24, 2.45) is 0 Å². The van der Waals surface area contributed by atoms with Crippen LogP contribution in [-0.4, -0.2) is 33.9 Å². The number of likely N-dealkylation sites (tertiary alicyclic amines) is 1. The zero-order valence-corrected chi connectivity index (χ0v) is 14.8. The summed E-state index contributed by atoms with van der Waals surface area (Å²) in [5, 5.41) is 1.20. The van der Waals surface area contributed by atoms with E-state index in [1.54, 1.807) is 0 Å². The molecule has 0 spiro atoms. The number of hydrogen-bond donors (Lipinski definition) is 1. The van der Waals surface area contributed by atoms with E-state index in [2.05, 4.69) is 38.2 Å². The molecule has 0 bridgehead atoms. The van der Waals surface area contributed by atoms with Gasteiger partial charge in [0.25, 0.3) is 5.91 Å². The minimum Gasteiger partial charge on any atom is -0.346 e. The van der Waals surface area contributed by atoms with Gasteiger partial charge in [0, 0.05) is 40.9 Å². The van der Waals surface area contributed by atoms with Gasteiger partial charge in [-0.3, -0.25) is 4.79 Å². The highest BCUT2D eigenvalue weighted by Crippen LogP contribution is 2.33. The molecule has 1 aliphatic heterocycles. The fourth-order valence-electron chi connectivity index (χ4n) is 3.51. The first kappa shape index (κ1) is 15.4. The lowest BCUT2D eigenvalue weighted by Crippen LogP contribution is -2.37. The van der Waals surface area contributed by atoms with Crippen LogP contribution < -0.4 is 0 Å². The summed E-state index contributed by atoms with van der Waals surface area (Å²) in [6.07, 6.45) is 5.86. The Morgan fingerprint density at radius 2 is 2.04 bits per heavy atom. The third-order valence-electron chi connectivity index (χ3n) is 4.78. The number of rotatable bonds is 2. The van der Waals surface area contributed by atoms with Crippen molar-refractivity contribution in [3.05, 3.63) is 64.4 Å². The molecular formula is C19H18BrN3O. The molecule has 0 atom stereocenters. The van der Waals surface area contributed by atoms with Gasteiger partial charge in [-0.1, -0.05) is 22.0 Å². The van der Waals surface area contributed by atoms with Crippen LogP contribution in [-0.2, 0) is 0 Å². The highest BCUT2D eigenvalue weighted by molar-refractivity contribution is 9.10. The van der Waals surface area contributed by atoms with Crippen LogP contribution >= 0.6 is 15.9 Å². The number of nitrogens with one attached hydrogen (secondary N) is 1. The number of fused-ring (bicyclic) bond motifs is 1. The maximum Gasteiger partial charge on any atom is 0.253 e. The van der Waals surface area contributed by atoms with Crippen LogP contribution in [0.2, 0.25) is 0 Å². The number of H-pyrrole nitrogens is 1. The standard InChI is InChI=1S/C19H18BrN3O/c20-15-4-1-3-14(11-15)19(24)23-9-6-13(7-10-23)17-12-22-18-16(17)5-2-8-21-18/h1-5,8,11-13H,6-7,9-10H2,(H,21,22). The van der Waals surface area contributed by atoms with Gasteiger partial charge in [0.1, 0.15) is 5.65 Å². The Morgan fingerprint density at radius 3 is 2.83 bits per heavy atom. The number of benzene rings is 1. The number of aromatic nitrogens is 2. The molecule has 1 amide bonds. The van der Waals surface area contributed by atoms with Gasteiger partial charge < -0.3 is 9.88 Å². The summed E-state index contributed by atoms with van der Waals surface area (Å²) in [6, 6.07) is 11.7. The highest BCUT2D eigenvalue weighted by Gasteiger charge is 2.26. The Labute approximate surface area is 149 Å². The summed E-state index contributed by atoms with van der Waals surface area (Å²) in [5.74, 6) is 0.602. The summed E-state index contributed by atoms with van der Waals surface area (Å²) in [7, 11) is 0. The molecule has 5 heteroatoms. The summed E-state index contributed by atoms with van der Waals surface area (Å²) >= 11 is 3.43. The first-order valence-corrected chi connectivity index (χ1v) is 8.98. The van der Waals surface area contributed by atoms with E-state index in [0.29, 0.717) is 5.92 Å². The quantitative estimate of drug-likeness (QED) is 0.715. The van der Waals surface area contributed by atoms with Crippen LogP contribution in [0.1, 0.15) is 34.7 Å². The molecule has 1 saturated heterocycles. The zero-order valence-electron chi connectivity index (χ0n) is 13.2. The molecule has 4 rings (SSSR count). The van der Waals surface area contributed by atoms with Gasteiger partial charge in [0.15, 0.2) is 0 Å². The van der Waals surface area contributed by atoms with Gasteiger partial charge in [-0.25, -0.2) is 4.98 Å². The van der Waals surface area contributed by atoms with Gasteiger partial charge in [-0.2, -0.15) is 0 Å². The number of halogens is 1. The van der Waals surface area contributed by atoms with Crippen LogP contribution in [0.5, 0.6) is 0 Å². The third kappa shape index (κ3) is 2.84. The first-order valence-electron chi connectivity index (χ1n) is 8.19. The second-order valence-electron chi connectivity index (χ2n) is 6.22. The van der Waals surface area contributed by atoms with E-state index in [4.69, 9.17) is 0 Å². The van der Waals surface area contributed by atoms with Gasteiger partial charge in [-0.05, 0) is 54.7 Å². The fourth-order valence-corrected chi connectivity index (χ4v) is 3.91. The second-order valence-corrected chi connectivity index (χ2v) is 7.14. The average Bonchev–Trinajstić information content (AvgIpc) is 3.05. The van der Waals surface area contributed by atoms with E-state index in [9.17, 15) is 4.79 Å². The zero-order chi connectivity index (χ0) is 16.5. The lowest BCUT2D eigenvalue weighted by atomic mass is 9.89. The van der Waals surface area contributed by atoms with Crippen molar-refractivity contribution in [2.45, 2.75) is 18.8 Å². The maximum atomic E-state index is 12.6. The molecule has 1 N–H and O–H groups in total. The number of piperidine rings is 1. The fraction of sp³-hybridized carbons (Fsp3) is 0.263. The molecule has 122 valence electrons. The van der Waals surface area contributed by atoms with Gasteiger partial charge in [-0.15, -0.1) is 0 Å². The molecule has 0 unspecified atom stereocenters. The van der Waals surface area contributed by atoms with E-state index in [1.807, 2.05) is 41.4 Å². The molecule has 2 aromatic heterocycles. The topological polar surface area (TPSA) is 49.0 Å². The van der Waals surface area contributed by atoms with Gasteiger partial charge in [0.2, 0.25) is 0 Å². The molecule has 24 heavy (non-hydrogen) atoms. The smallest absolute Gasteiger partial charge is 0.253 e. The van der Waals surface area contributed by atoms with E-state index >= 15 is 0 Å². The first-order chi connectivity index (χ1) is 11.7. The van der Waals surface area contributed by atoms with Gasteiger partial charge in [0.05, 0.1) is 0 Å². The van der Waals surface area contributed by atoms with Crippen molar-refractivity contribution >= 4 is 32.9 Å². The summed E-state index contributed by atoms with van der Waals surface area (Å²) in [4.78, 5) is 22.2. The monoisotopic (exact) mass is 383 g/mol. The molecule has 1 aliphatic rings.